The molecule has 0 aliphatic rings. The zero-order chi connectivity index (χ0) is 11.2. The van der Waals surface area contributed by atoms with Gasteiger partial charge in [-0.25, -0.2) is 0 Å². The number of hydrogen-bond donors (Lipinski definition) is 1. The van der Waals surface area contributed by atoms with Gasteiger partial charge in [0, 0.05) is 12.5 Å². The van der Waals surface area contributed by atoms with Crippen molar-refractivity contribution in [2.75, 3.05) is 13.7 Å². The summed E-state index contributed by atoms with van der Waals surface area (Å²) < 4.78 is 5.13. The van der Waals surface area contributed by atoms with Crippen molar-refractivity contribution in [1.29, 1.82) is 0 Å². The largest absolute Gasteiger partial charge is 0.392 e. The van der Waals surface area contributed by atoms with Crippen LogP contribution in [-0.2, 0) is 4.74 Å². The SMILES string of the molecule is C=CC(CC=C(C)C)(COC)C(C)O. The van der Waals surface area contributed by atoms with Gasteiger partial charge in [-0.1, -0.05) is 17.7 Å². The Morgan fingerprint density at radius 2 is 2.14 bits per heavy atom. The average Bonchev–Trinajstić information content (AvgIpc) is 2.11. The minimum atomic E-state index is -0.449. The number of hydrogen-bond acceptors (Lipinski definition) is 2. The van der Waals surface area contributed by atoms with E-state index < -0.39 is 6.10 Å². The first-order valence-corrected chi connectivity index (χ1v) is 4.92. The quantitative estimate of drug-likeness (QED) is 0.665. The Labute approximate surface area is 87.3 Å². The fourth-order valence-corrected chi connectivity index (χ4v) is 1.33. The highest BCUT2D eigenvalue weighted by molar-refractivity contribution is 5.06. The molecule has 0 aromatic rings. The minimum absolute atomic E-state index is 0.355. The molecule has 0 aromatic heterocycles. The Morgan fingerprint density at radius 3 is 2.43 bits per heavy atom. The molecule has 0 heterocycles. The molecule has 2 unspecified atom stereocenters. The summed E-state index contributed by atoms with van der Waals surface area (Å²) in [5.74, 6) is 0. The second-order valence-corrected chi connectivity index (χ2v) is 4.03. The maximum absolute atomic E-state index is 9.73. The summed E-state index contributed by atoms with van der Waals surface area (Å²) >= 11 is 0. The molecule has 0 radical (unpaired) electrons. The van der Waals surface area contributed by atoms with Gasteiger partial charge in [-0.2, -0.15) is 0 Å². The third-order valence-corrected chi connectivity index (χ3v) is 2.54. The zero-order valence-electron chi connectivity index (χ0n) is 9.71. The van der Waals surface area contributed by atoms with Crippen LogP contribution in [0.1, 0.15) is 27.2 Å². The van der Waals surface area contributed by atoms with E-state index in [-0.39, 0.29) is 5.41 Å². The molecular weight excluding hydrogens is 176 g/mol. The van der Waals surface area contributed by atoms with Crippen molar-refractivity contribution in [3.63, 3.8) is 0 Å². The molecule has 0 fully saturated rings. The predicted octanol–water partition coefficient (Wildman–Crippen LogP) is 2.54. The van der Waals surface area contributed by atoms with Crippen LogP contribution in [0.5, 0.6) is 0 Å². The highest BCUT2D eigenvalue weighted by Gasteiger charge is 2.30. The first-order chi connectivity index (χ1) is 6.48. The third kappa shape index (κ3) is 3.64. The number of allylic oxidation sites excluding steroid dienone is 2. The van der Waals surface area contributed by atoms with E-state index in [1.807, 2.05) is 13.8 Å². The Balaban J connectivity index is 4.66. The fraction of sp³-hybridized carbons (Fsp3) is 0.667. The number of rotatable bonds is 6. The summed E-state index contributed by atoms with van der Waals surface area (Å²) in [4.78, 5) is 0. The van der Waals surface area contributed by atoms with E-state index in [0.29, 0.717) is 6.61 Å². The lowest BCUT2D eigenvalue weighted by molar-refractivity contribution is 0.0117. The van der Waals surface area contributed by atoms with Crippen LogP contribution in [0.25, 0.3) is 0 Å². The standard InChI is InChI=1S/C12H22O2/c1-6-12(9-14-5,11(4)13)8-7-10(2)3/h6-7,11,13H,1,8-9H2,2-5H3. The summed E-state index contributed by atoms with van der Waals surface area (Å²) in [6.45, 7) is 10.1. The summed E-state index contributed by atoms with van der Waals surface area (Å²) in [7, 11) is 1.64. The summed E-state index contributed by atoms with van der Waals surface area (Å²) in [6.07, 6.45) is 4.22. The van der Waals surface area contributed by atoms with E-state index in [9.17, 15) is 5.11 Å². The normalized spacial score (nSPS) is 16.9. The van der Waals surface area contributed by atoms with E-state index in [4.69, 9.17) is 4.74 Å². The molecule has 0 aliphatic heterocycles. The van der Waals surface area contributed by atoms with Crippen LogP contribution in [0.15, 0.2) is 24.3 Å². The molecule has 0 rings (SSSR count). The molecule has 82 valence electrons. The maximum Gasteiger partial charge on any atom is 0.0627 e. The second kappa shape index (κ2) is 5.99. The number of aliphatic hydroxyl groups excluding tert-OH is 1. The van der Waals surface area contributed by atoms with E-state index in [2.05, 4.69) is 12.7 Å². The Morgan fingerprint density at radius 1 is 1.57 bits per heavy atom. The van der Waals surface area contributed by atoms with E-state index in [0.717, 1.165) is 6.42 Å². The minimum Gasteiger partial charge on any atom is -0.392 e. The molecule has 1 N–H and O–H groups in total. The van der Waals surface area contributed by atoms with Crippen molar-refractivity contribution < 1.29 is 9.84 Å². The highest BCUT2D eigenvalue weighted by Crippen LogP contribution is 2.29. The Kier molecular flexibility index (Phi) is 5.73. The van der Waals surface area contributed by atoms with Gasteiger partial charge in [-0.05, 0) is 27.2 Å². The van der Waals surface area contributed by atoms with Crippen molar-refractivity contribution in [2.45, 2.75) is 33.3 Å². The summed E-state index contributed by atoms with van der Waals surface area (Å²) in [6, 6.07) is 0. The summed E-state index contributed by atoms with van der Waals surface area (Å²) in [5.41, 5.74) is 0.888. The van der Waals surface area contributed by atoms with Gasteiger partial charge in [0.25, 0.3) is 0 Å². The van der Waals surface area contributed by atoms with Crippen molar-refractivity contribution in [1.82, 2.24) is 0 Å². The fourth-order valence-electron chi connectivity index (χ4n) is 1.33. The molecule has 0 saturated carbocycles. The van der Waals surface area contributed by atoms with E-state index in [1.54, 1.807) is 20.1 Å². The molecule has 0 amide bonds. The molecule has 0 spiro atoms. The predicted molar refractivity (Wildman–Crippen MR) is 60.2 cm³/mol. The topological polar surface area (TPSA) is 29.5 Å². The van der Waals surface area contributed by atoms with Crippen LogP contribution in [-0.4, -0.2) is 24.9 Å². The van der Waals surface area contributed by atoms with Gasteiger partial charge in [0.15, 0.2) is 0 Å². The average molecular weight is 198 g/mol. The molecule has 2 nitrogen and oxygen atoms in total. The Bertz CT molecular complexity index is 202. The van der Waals surface area contributed by atoms with Gasteiger partial charge in [0.05, 0.1) is 12.7 Å². The second-order valence-electron chi connectivity index (χ2n) is 4.03. The molecule has 0 bridgehead atoms. The third-order valence-electron chi connectivity index (χ3n) is 2.54. The van der Waals surface area contributed by atoms with Crippen molar-refractivity contribution >= 4 is 0 Å². The number of methoxy groups -OCH3 is 1. The molecule has 2 atom stereocenters. The van der Waals surface area contributed by atoms with Gasteiger partial charge in [-0.15, -0.1) is 6.58 Å². The van der Waals surface area contributed by atoms with Crippen molar-refractivity contribution in [3.05, 3.63) is 24.3 Å². The van der Waals surface area contributed by atoms with Crippen LogP contribution >= 0.6 is 0 Å². The first kappa shape index (κ1) is 13.4. The van der Waals surface area contributed by atoms with Crippen LogP contribution in [0, 0.1) is 5.41 Å². The van der Waals surface area contributed by atoms with Crippen LogP contribution in [0.2, 0.25) is 0 Å². The van der Waals surface area contributed by atoms with Crippen LogP contribution < -0.4 is 0 Å². The molecule has 0 aliphatic carbocycles. The van der Waals surface area contributed by atoms with Crippen LogP contribution in [0.4, 0.5) is 0 Å². The lowest BCUT2D eigenvalue weighted by atomic mass is 9.80. The van der Waals surface area contributed by atoms with Crippen molar-refractivity contribution in [3.8, 4) is 0 Å². The Hall–Kier alpha value is -0.600. The van der Waals surface area contributed by atoms with Crippen molar-refractivity contribution in [2.24, 2.45) is 5.41 Å². The number of ether oxygens (including phenoxy) is 1. The molecule has 0 aromatic carbocycles. The molecular formula is C12H22O2. The lowest BCUT2D eigenvalue weighted by Crippen LogP contribution is -2.35. The van der Waals surface area contributed by atoms with Gasteiger partial charge in [0.2, 0.25) is 0 Å². The molecule has 0 saturated heterocycles. The summed E-state index contributed by atoms with van der Waals surface area (Å²) in [5, 5.41) is 9.73. The monoisotopic (exact) mass is 198 g/mol. The number of aliphatic hydroxyl groups is 1. The van der Waals surface area contributed by atoms with E-state index in [1.165, 1.54) is 5.57 Å². The van der Waals surface area contributed by atoms with Crippen LogP contribution in [0.3, 0.4) is 0 Å². The highest BCUT2D eigenvalue weighted by atomic mass is 16.5. The first-order valence-electron chi connectivity index (χ1n) is 4.92. The molecule has 2 heteroatoms. The lowest BCUT2D eigenvalue weighted by Gasteiger charge is -2.31. The van der Waals surface area contributed by atoms with E-state index >= 15 is 0 Å². The maximum atomic E-state index is 9.73. The molecule has 14 heavy (non-hydrogen) atoms. The smallest absolute Gasteiger partial charge is 0.0627 e. The zero-order valence-corrected chi connectivity index (χ0v) is 9.71. The van der Waals surface area contributed by atoms with Gasteiger partial charge >= 0.3 is 0 Å². The van der Waals surface area contributed by atoms with Gasteiger partial charge < -0.3 is 9.84 Å². The van der Waals surface area contributed by atoms with Gasteiger partial charge in [-0.3, -0.25) is 0 Å². The van der Waals surface area contributed by atoms with Gasteiger partial charge in [0.1, 0.15) is 0 Å².